The number of pyridine rings is 1. The van der Waals surface area contributed by atoms with Gasteiger partial charge in [0, 0.05) is 11.6 Å². The molecule has 13 heavy (non-hydrogen) atoms. The SMILES string of the molecule is Oc1ccc2ncc(Br)c(Cl)c2c1. The van der Waals surface area contributed by atoms with Crippen LogP contribution >= 0.6 is 27.5 Å². The molecule has 1 N–H and O–H groups in total. The smallest absolute Gasteiger partial charge is 0.116 e. The lowest BCUT2D eigenvalue weighted by Crippen LogP contribution is -1.80. The van der Waals surface area contributed by atoms with Gasteiger partial charge in [0.15, 0.2) is 0 Å². The number of rotatable bonds is 0. The first kappa shape index (κ1) is 8.78. The number of hydrogen-bond donors (Lipinski definition) is 1. The summed E-state index contributed by atoms with van der Waals surface area (Å²) in [5.41, 5.74) is 0.769. The molecule has 4 heteroatoms. The van der Waals surface area contributed by atoms with Gasteiger partial charge in [-0.3, -0.25) is 4.98 Å². The molecule has 1 aromatic carbocycles. The lowest BCUT2D eigenvalue weighted by molar-refractivity contribution is 0.476. The molecule has 0 unspecified atom stereocenters. The molecule has 0 radical (unpaired) electrons. The van der Waals surface area contributed by atoms with Crippen molar-refractivity contribution in [3.8, 4) is 5.75 Å². The zero-order valence-electron chi connectivity index (χ0n) is 6.46. The Labute approximate surface area is 88.3 Å². The Balaban J connectivity index is 2.89. The average Bonchev–Trinajstić information content (AvgIpc) is 2.12. The van der Waals surface area contributed by atoms with Gasteiger partial charge in [-0.2, -0.15) is 0 Å². The van der Waals surface area contributed by atoms with Gasteiger partial charge in [0.05, 0.1) is 15.0 Å². The van der Waals surface area contributed by atoms with Crippen LogP contribution in [0.2, 0.25) is 5.02 Å². The van der Waals surface area contributed by atoms with E-state index < -0.39 is 0 Å². The summed E-state index contributed by atoms with van der Waals surface area (Å²) in [4.78, 5) is 4.14. The third kappa shape index (κ3) is 1.49. The highest BCUT2D eigenvalue weighted by Crippen LogP contribution is 2.31. The van der Waals surface area contributed by atoms with E-state index in [-0.39, 0.29) is 5.75 Å². The Kier molecular flexibility index (Phi) is 2.14. The van der Waals surface area contributed by atoms with E-state index in [2.05, 4.69) is 20.9 Å². The minimum absolute atomic E-state index is 0.189. The molecule has 0 atom stereocenters. The van der Waals surface area contributed by atoms with Crippen molar-refractivity contribution in [1.82, 2.24) is 4.98 Å². The third-order valence-electron chi connectivity index (χ3n) is 1.74. The minimum Gasteiger partial charge on any atom is -0.508 e. The van der Waals surface area contributed by atoms with E-state index in [1.165, 1.54) is 0 Å². The molecule has 0 bridgehead atoms. The quantitative estimate of drug-likeness (QED) is 0.786. The molecule has 1 heterocycles. The average molecular weight is 259 g/mol. The van der Waals surface area contributed by atoms with E-state index in [4.69, 9.17) is 11.6 Å². The second-order valence-electron chi connectivity index (χ2n) is 2.62. The summed E-state index contributed by atoms with van der Waals surface area (Å²) in [7, 11) is 0. The van der Waals surface area contributed by atoms with E-state index in [9.17, 15) is 5.11 Å². The maximum Gasteiger partial charge on any atom is 0.116 e. The fourth-order valence-corrected chi connectivity index (χ4v) is 1.64. The van der Waals surface area contributed by atoms with E-state index in [0.717, 1.165) is 15.4 Å². The minimum atomic E-state index is 0.189. The van der Waals surface area contributed by atoms with Crippen LogP contribution in [0, 0.1) is 0 Å². The predicted molar refractivity (Wildman–Crippen MR) is 56.1 cm³/mol. The molecule has 0 saturated carbocycles. The standard InChI is InChI=1S/C9H5BrClNO/c10-7-4-12-8-2-1-5(13)3-6(8)9(7)11/h1-4,13H. The maximum absolute atomic E-state index is 9.24. The summed E-state index contributed by atoms with van der Waals surface area (Å²) in [6.07, 6.45) is 1.64. The molecular weight excluding hydrogens is 253 g/mol. The first-order valence-electron chi connectivity index (χ1n) is 3.61. The molecule has 0 saturated heterocycles. The highest BCUT2D eigenvalue weighted by Gasteiger charge is 2.04. The summed E-state index contributed by atoms with van der Waals surface area (Å²) in [5, 5.41) is 10.6. The Bertz CT molecular complexity index is 467. The molecule has 1 aromatic heterocycles. The number of aromatic hydroxyl groups is 1. The van der Waals surface area contributed by atoms with E-state index in [1.54, 1.807) is 24.4 Å². The zero-order chi connectivity index (χ0) is 9.42. The summed E-state index contributed by atoms with van der Waals surface area (Å²) < 4.78 is 0.729. The van der Waals surface area contributed by atoms with Crippen molar-refractivity contribution in [3.63, 3.8) is 0 Å². The number of phenols is 1. The number of hydrogen-bond acceptors (Lipinski definition) is 2. The summed E-state index contributed by atoms with van der Waals surface area (Å²) >= 11 is 9.26. The lowest BCUT2D eigenvalue weighted by atomic mass is 10.2. The van der Waals surface area contributed by atoms with Gasteiger partial charge >= 0.3 is 0 Å². The summed E-state index contributed by atoms with van der Waals surface area (Å²) in [6, 6.07) is 4.90. The Morgan fingerprint density at radius 2 is 2.15 bits per heavy atom. The first-order chi connectivity index (χ1) is 6.18. The Hall–Kier alpha value is -0.800. The first-order valence-corrected chi connectivity index (χ1v) is 4.78. The number of phenolic OH excluding ortho intramolecular Hbond substituents is 1. The molecule has 2 aromatic rings. The molecule has 0 amide bonds. The van der Waals surface area contributed by atoms with Gasteiger partial charge in [-0.15, -0.1) is 0 Å². The number of aromatic nitrogens is 1. The largest absolute Gasteiger partial charge is 0.508 e. The number of fused-ring (bicyclic) bond motifs is 1. The number of nitrogens with zero attached hydrogens (tertiary/aromatic N) is 1. The van der Waals surface area contributed by atoms with Crippen molar-refractivity contribution in [2.75, 3.05) is 0 Å². The third-order valence-corrected chi connectivity index (χ3v) is 2.98. The van der Waals surface area contributed by atoms with Crippen molar-refractivity contribution in [2.45, 2.75) is 0 Å². The molecule has 0 fully saturated rings. The topological polar surface area (TPSA) is 33.1 Å². The normalized spacial score (nSPS) is 10.6. The van der Waals surface area contributed by atoms with Gasteiger partial charge in [-0.1, -0.05) is 11.6 Å². The van der Waals surface area contributed by atoms with Crippen LogP contribution in [0.1, 0.15) is 0 Å². The highest BCUT2D eigenvalue weighted by atomic mass is 79.9. The van der Waals surface area contributed by atoms with Gasteiger partial charge in [-0.25, -0.2) is 0 Å². The molecule has 66 valence electrons. The molecule has 2 nitrogen and oxygen atoms in total. The molecule has 0 aliphatic rings. The van der Waals surface area contributed by atoms with Gasteiger partial charge in [0.2, 0.25) is 0 Å². The van der Waals surface area contributed by atoms with Crippen molar-refractivity contribution in [2.24, 2.45) is 0 Å². The molecule has 0 spiro atoms. The Morgan fingerprint density at radius 1 is 1.38 bits per heavy atom. The van der Waals surface area contributed by atoms with Gasteiger partial charge < -0.3 is 5.11 Å². The fraction of sp³-hybridized carbons (Fsp3) is 0. The van der Waals surface area contributed by atoms with Crippen LogP contribution in [-0.2, 0) is 0 Å². The molecule has 0 aliphatic heterocycles. The molecule has 0 aliphatic carbocycles. The number of halogens is 2. The summed E-state index contributed by atoms with van der Waals surface area (Å²) in [6.45, 7) is 0. The van der Waals surface area contributed by atoms with Crippen LogP contribution in [0.3, 0.4) is 0 Å². The molecular formula is C9H5BrClNO. The monoisotopic (exact) mass is 257 g/mol. The second-order valence-corrected chi connectivity index (χ2v) is 3.85. The van der Waals surface area contributed by atoms with Gasteiger partial charge in [-0.05, 0) is 34.1 Å². The van der Waals surface area contributed by atoms with E-state index in [0.29, 0.717) is 5.02 Å². The van der Waals surface area contributed by atoms with Crippen LogP contribution < -0.4 is 0 Å². The van der Waals surface area contributed by atoms with Gasteiger partial charge in [0.1, 0.15) is 5.75 Å². The van der Waals surface area contributed by atoms with Crippen molar-refractivity contribution in [1.29, 1.82) is 0 Å². The lowest BCUT2D eigenvalue weighted by Gasteiger charge is -2.01. The van der Waals surface area contributed by atoms with Crippen LogP contribution in [0.5, 0.6) is 5.75 Å². The molecule has 2 rings (SSSR count). The highest BCUT2D eigenvalue weighted by molar-refractivity contribution is 9.10. The van der Waals surface area contributed by atoms with E-state index >= 15 is 0 Å². The van der Waals surface area contributed by atoms with Gasteiger partial charge in [0.25, 0.3) is 0 Å². The second kappa shape index (κ2) is 3.16. The van der Waals surface area contributed by atoms with Crippen LogP contribution in [0.15, 0.2) is 28.9 Å². The van der Waals surface area contributed by atoms with Crippen molar-refractivity contribution < 1.29 is 5.11 Å². The predicted octanol–water partition coefficient (Wildman–Crippen LogP) is 3.36. The van der Waals surface area contributed by atoms with E-state index in [1.807, 2.05) is 0 Å². The zero-order valence-corrected chi connectivity index (χ0v) is 8.80. The maximum atomic E-state index is 9.24. The van der Waals surface area contributed by atoms with Crippen molar-refractivity contribution in [3.05, 3.63) is 33.9 Å². The van der Waals surface area contributed by atoms with Crippen LogP contribution in [0.4, 0.5) is 0 Å². The van der Waals surface area contributed by atoms with Crippen molar-refractivity contribution >= 4 is 38.4 Å². The summed E-state index contributed by atoms with van der Waals surface area (Å²) in [5.74, 6) is 0.189. The van der Waals surface area contributed by atoms with Crippen LogP contribution in [-0.4, -0.2) is 10.1 Å². The Morgan fingerprint density at radius 3 is 2.92 bits per heavy atom. The van der Waals surface area contributed by atoms with Crippen LogP contribution in [0.25, 0.3) is 10.9 Å². The fourth-order valence-electron chi connectivity index (χ4n) is 1.12. The number of benzene rings is 1.